The molecule has 0 radical (unpaired) electrons. The van der Waals surface area contributed by atoms with Crippen molar-refractivity contribution in [1.82, 2.24) is 19.8 Å². The van der Waals surface area contributed by atoms with Crippen molar-refractivity contribution in [2.75, 3.05) is 33.2 Å². The second-order valence-electron chi connectivity index (χ2n) is 8.59. The zero-order chi connectivity index (χ0) is 23.7. The first kappa shape index (κ1) is 22.1. The Kier molecular flexibility index (Phi) is 6.04. The van der Waals surface area contributed by atoms with Crippen LogP contribution >= 0.6 is 0 Å². The number of rotatable bonds is 4. The van der Waals surface area contributed by atoms with Gasteiger partial charge in [-0.25, -0.2) is 14.4 Å². The molecule has 6 nitrogen and oxygen atoms in total. The number of benzene rings is 3. The third-order valence-electron chi connectivity index (χ3n) is 6.20. The molecular formula is C27H25FN4O2. The van der Waals surface area contributed by atoms with E-state index in [1.54, 1.807) is 24.3 Å². The monoisotopic (exact) mass is 456 g/mol. The largest absolute Gasteiger partial charge is 0.392 e. The van der Waals surface area contributed by atoms with Crippen molar-refractivity contribution in [2.45, 2.75) is 6.61 Å². The predicted octanol–water partition coefficient (Wildman–Crippen LogP) is 3.98. The van der Waals surface area contributed by atoms with E-state index in [1.807, 2.05) is 35.2 Å². The summed E-state index contributed by atoms with van der Waals surface area (Å²) in [5.41, 5.74) is 5.33. The third-order valence-corrected chi connectivity index (χ3v) is 6.20. The molecule has 1 aliphatic rings. The highest BCUT2D eigenvalue weighted by Crippen LogP contribution is 2.32. The van der Waals surface area contributed by atoms with Crippen LogP contribution in [-0.4, -0.2) is 64.0 Å². The lowest BCUT2D eigenvalue weighted by Gasteiger charge is -2.32. The highest BCUT2D eigenvalue weighted by molar-refractivity contribution is 5.98. The molecule has 1 N–H and O–H groups in total. The van der Waals surface area contributed by atoms with E-state index in [9.17, 15) is 14.3 Å². The molecule has 2 heterocycles. The predicted molar refractivity (Wildman–Crippen MR) is 130 cm³/mol. The summed E-state index contributed by atoms with van der Waals surface area (Å²) in [4.78, 5) is 26.9. The number of carbonyl (C=O) groups is 1. The van der Waals surface area contributed by atoms with Gasteiger partial charge in [0.1, 0.15) is 5.82 Å². The van der Waals surface area contributed by atoms with Gasteiger partial charge in [-0.3, -0.25) is 4.79 Å². The van der Waals surface area contributed by atoms with Crippen molar-refractivity contribution in [3.05, 3.63) is 83.7 Å². The molecule has 1 fully saturated rings. The van der Waals surface area contributed by atoms with Gasteiger partial charge in [-0.2, -0.15) is 0 Å². The summed E-state index contributed by atoms with van der Waals surface area (Å²) >= 11 is 0. The number of hydrogen-bond donors (Lipinski definition) is 1. The van der Waals surface area contributed by atoms with E-state index in [2.05, 4.69) is 11.9 Å². The number of fused-ring (bicyclic) bond motifs is 1. The van der Waals surface area contributed by atoms with E-state index >= 15 is 0 Å². The maximum absolute atomic E-state index is 13.6. The average molecular weight is 457 g/mol. The first-order valence-corrected chi connectivity index (χ1v) is 11.3. The van der Waals surface area contributed by atoms with Gasteiger partial charge in [0.15, 0.2) is 0 Å². The minimum absolute atomic E-state index is 0.0109. The van der Waals surface area contributed by atoms with E-state index in [0.717, 1.165) is 29.8 Å². The van der Waals surface area contributed by atoms with Crippen molar-refractivity contribution >= 4 is 16.9 Å². The van der Waals surface area contributed by atoms with Crippen LogP contribution in [0.25, 0.3) is 33.5 Å². The fourth-order valence-corrected chi connectivity index (χ4v) is 4.21. The molecule has 3 aromatic carbocycles. The molecule has 5 rings (SSSR count). The molecule has 0 unspecified atom stereocenters. The maximum Gasteiger partial charge on any atom is 0.254 e. The summed E-state index contributed by atoms with van der Waals surface area (Å²) in [5, 5.41) is 9.61. The van der Waals surface area contributed by atoms with E-state index in [1.165, 1.54) is 12.1 Å². The summed E-state index contributed by atoms with van der Waals surface area (Å²) in [7, 11) is 2.06. The Morgan fingerprint density at radius 3 is 2.32 bits per heavy atom. The highest BCUT2D eigenvalue weighted by atomic mass is 19.1. The fourth-order valence-electron chi connectivity index (χ4n) is 4.21. The molecule has 0 atom stereocenters. The van der Waals surface area contributed by atoms with E-state index in [0.29, 0.717) is 41.1 Å². The van der Waals surface area contributed by atoms with Gasteiger partial charge >= 0.3 is 0 Å². The summed E-state index contributed by atoms with van der Waals surface area (Å²) in [5.74, 6) is -0.336. The topological polar surface area (TPSA) is 69.6 Å². The lowest BCUT2D eigenvalue weighted by Crippen LogP contribution is -2.47. The molecule has 4 aromatic rings. The van der Waals surface area contributed by atoms with Crippen LogP contribution in [0, 0.1) is 5.82 Å². The van der Waals surface area contributed by atoms with Crippen LogP contribution < -0.4 is 0 Å². The van der Waals surface area contributed by atoms with Crippen molar-refractivity contribution in [1.29, 1.82) is 0 Å². The Hall–Kier alpha value is -3.68. The van der Waals surface area contributed by atoms with E-state index in [-0.39, 0.29) is 18.3 Å². The summed E-state index contributed by atoms with van der Waals surface area (Å²) in [6.45, 7) is 3.00. The van der Waals surface area contributed by atoms with Crippen LogP contribution in [0.4, 0.5) is 4.39 Å². The number of halogens is 1. The number of likely N-dealkylation sites (N-methyl/N-ethyl adjacent to an activating group) is 1. The molecule has 0 aliphatic carbocycles. The van der Waals surface area contributed by atoms with Crippen molar-refractivity contribution in [2.24, 2.45) is 0 Å². The summed E-state index contributed by atoms with van der Waals surface area (Å²) in [6.07, 6.45) is 0. The lowest BCUT2D eigenvalue weighted by molar-refractivity contribution is 0.0664. The van der Waals surface area contributed by atoms with Gasteiger partial charge in [-0.15, -0.1) is 0 Å². The van der Waals surface area contributed by atoms with Crippen LogP contribution in [0.2, 0.25) is 0 Å². The van der Waals surface area contributed by atoms with E-state index < -0.39 is 0 Å². The lowest BCUT2D eigenvalue weighted by atomic mass is 10.0. The van der Waals surface area contributed by atoms with Gasteiger partial charge in [-0.05, 0) is 61.1 Å². The number of nitrogens with zero attached hydrogens (tertiary/aromatic N) is 4. The Labute approximate surface area is 197 Å². The number of carbonyl (C=O) groups excluding carboxylic acids is 1. The summed E-state index contributed by atoms with van der Waals surface area (Å²) < 4.78 is 13.6. The first-order valence-electron chi connectivity index (χ1n) is 11.3. The number of aliphatic hydroxyl groups is 1. The Balaban J connectivity index is 1.62. The SMILES string of the molecule is CN1CCN(C(=O)c2ccc3nc(-c4ccc(F)cc4)c(-c4cccc(CO)c4)nc3c2)CC1. The molecular weight excluding hydrogens is 431 g/mol. The van der Waals surface area contributed by atoms with Crippen molar-refractivity contribution < 1.29 is 14.3 Å². The number of aromatic nitrogens is 2. The Morgan fingerprint density at radius 1 is 0.882 bits per heavy atom. The molecule has 0 spiro atoms. The Morgan fingerprint density at radius 2 is 1.59 bits per heavy atom. The first-order chi connectivity index (χ1) is 16.5. The second-order valence-corrected chi connectivity index (χ2v) is 8.59. The van der Waals surface area contributed by atoms with Crippen LogP contribution in [0.1, 0.15) is 15.9 Å². The minimum atomic E-state index is -0.326. The molecule has 172 valence electrons. The maximum atomic E-state index is 13.6. The van der Waals surface area contributed by atoms with Crippen LogP contribution in [0.15, 0.2) is 66.7 Å². The average Bonchev–Trinajstić information content (AvgIpc) is 2.88. The zero-order valence-corrected chi connectivity index (χ0v) is 18.9. The van der Waals surface area contributed by atoms with Crippen LogP contribution in [-0.2, 0) is 6.61 Å². The van der Waals surface area contributed by atoms with Crippen molar-refractivity contribution in [3.63, 3.8) is 0 Å². The van der Waals surface area contributed by atoms with Gasteiger partial charge in [-0.1, -0.05) is 18.2 Å². The molecule has 1 saturated heterocycles. The third kappa shape index (κ3) is 4.40. The number of aliphatic hydroxyl groups excluding tert-OH is 1. The van der Waals surface area contributed by atoms with Gasteiger partial charge < -0.3 is 14.9 Å². The van der Waals surface area contributed by atoms with Crippen molar-refractivity contribution in [3.8, 4) is 22.5 Å². The second kappa shape index (κ2) is 9.29. The molecule has 7 heteroatoms. The van der Waals surface area contributed by atoms with E-state index in [4.69, 9.17) is 9.97 Å². The van der Waals surface area contributed by atoms with Gasteiger partial charge in [0.05, 0.1) is 29.0 Å². The zero-order valence-electron chi connectivity index (χ0n) is 18.9. The fraction of sp³-hybridized carbons (Fsp3) is 0.222. The standard InChI is InChI=1S/C27H25FN4O2/c1-31-11-13-32(14-12-31)27(34)21-7-10-23-24(16-21)30-26(20-4-2-3-18(15-20)17-33)25(29-23)19-5-8-22(28)9-6-19/h2-10,15-16,33H,11-14,17H2,1H3. The smallest absolute Gasteiger partial charge is 0.254 e. The number of hydrogen-bond acceptors (Lipinski definition) is 5. The molecule has 1 aromatic heterocycles. The molecule has 1 aliphatic heterocycles. The van der Waals surface area contributed by atoms with Crippen LogP contribution in [0.3, 0.4) is 0 Å². The van der Waals surface area contributed by atoms with Gasteiger partial charge in [0.25, 0.3) is 5.91 Å². The molecule has 0 saturated carbocycles. The minimum Gasteiger partial charge on any atom is -0.392 e. The molecule has 34 heavy (non-hydrogen) atoms. The number of piperazine rings is 1. The normalized spacial score (nSPS) is 14.5. The van der Waals surface area contributed by atoms with Crippen LogP contribution in [0.5, 0.6) is 0 Å². The quantitative estimate of drug-likeness (QED) is 0.503. The Bertz CT molecular complexity index is 1350. The number of amides is 1. The van der Waals surface area contributed by atoms with Gasteiger partial charge in [0, 0.05) is 42.9 Å². The van der Waals surface area contributed by atoms with Gasteiger partial charge in [0.2, 0.25) is 0 Å². The molecule has 1 amide bonds. The highest BCUT2D eigenvalue weighted by Gasteiger charge is 2.21. The summed E-state index contributed by atoms with van der Waals surface area (Å²) in [6, 6.07) is 19.0. The molecule has 0 bridgehead atoms.